The number of anilines is 1. The fraction of sp³-hybridized carbons (Fsp3) is 0.476. The van der Waals surface area contributed by atoms with E-state index in [2.05, 4.69) is 62.6 Å². The molecule has 2 aromatic rings. The van der Waals surface area contributed by atoms with Crippen molar-refractivity contribution in [3.63, 3.8) is 0 Å². The summed E-state index contributed by atoms with van der Waals surface area (Å²) < 4.78 is 0. The topological polar surface area (TPSA) is 61.4 Å². The van der Waals surface area contributed by atoms with Crippen LogP contribution in [0.5, 0.6) is 0 Å². The molecular weight excluding hydrogens is 338 g/mol. The van der Waals surface area contributed by atoms with Gasteiger partial charge in [0.15, 0.2) is 11.5 Å². The van der Waals surface area contributed by atoms with Gasteiger partial charge in [-0.15, -0.1) is 10.2 Å². The fourth-order valence-electron chi connectivity index (χ4n) is 4.01. The number of hydrogen-bond donors (Lipinski definition) is 1. The van der Waals surface area contributed by atoms with Crippen LogP contribution in [0.3, 0.4) is 0 Å². The van der Waals surface area contributed by atoms with Gasteiger partial charge in [-0.1, -0.05) is 43.7 Å². The van der Waals surface area contributed by atoms with Crippen LogP contribution < -0.4 is 10.2 Å². The van der Waals surface area contributed by atoms with E-state index in [1.54, 1.807) is 0 Å². The van der Waals surface area contributed by atoms with Crippen molar-refractivity contribution in [3.8, 4) is 0 Å². The van der Waals surface area contributed by atoms with Crippen molar-refractivity contribution >= 4 is 11.7 Å². The maximum absolute atomic E-state index is 12.3. The molecule has 1 aromatic heterocycles. The van der Waals surface area contributed by atoms with Crippen LogP contribution in [-0.2, 0) is 13.0 Å². The maximum Gasteiger partial charge on any atom is 0.271 e. The Morgan fingerprint density at radius 1 is 1.22 bits per heavy atom. The monoisotopic (exact) mass is 365 g/mol. The lowest BCUT2D eigenvalue weighted by molar-refractivity contribution is 0.0947. The maximum atomic E-state index is 12.3. The number of amides is 1. The third kappa shape index (κ3) is 3.95. The van der Waals surface area contributed by atoms with Crippen molar-refractivity contribution in [2.24, 2.45) is 0 Å². The summed E-state index contributed by atoms with van der Waals surface area (Å²) in [4.78, 5) is 17.1. The van der Waals surface area contributed by atoms with Crippen LogP contribution in [0.1, 0.15) is 41.4 Å². The predicted molar refractivity (Wildman–Crippen MR) is 106 cm³/mol. The summed E-state index contributed by atoms with van der Waals surface area (Å²) in [7, 11) is 0. The Labute approximate surface area is 160 Å². The molecule has 2 aliphatic rings. The smallest absolute Gasteiger partial charge is 0.271 e. The Bertz CT molecular complexity index is 794. The third-order valence-corrected chi connectivity index (χ3v) is 5.44. The molecule has 1 saturated heterocycles. The molecular formula is C21H27N5O. The molecule has 0 spiro atoms. The van der Waals surface area contributed by atoms with Gasteiger partial charge in [0.2, 0.25) is 0 Å². The number of nitrogens with one attached hydrogen (secondary N) is 1. The van der Waals surface area contributed by atoms with Gasteiger partial charge in [-0.2, -0.15) is 0 Å². The number of hydrogen-bond acceptors (Lipinski definition) is 5. The van der Waals surface area contributed by atoms with Crippen LogP contribution in [0.2, 0.25) is 0 Å². The fourth-order valence-corrected chi connectivity index (χ4v) is 4.01. The molecule has 142 valence electrons. The zero-order valence-corrected chi connectivity index (χ0v) is 15.9. The molecule has 1 atom stereocenters. The SMILES string of the molecule is CCCCNC(=O)c1cc2c(nn1)N1CCN(Cc3ccccc3)CC1C2. The summed E-state index contributed by atoms with van der Waals surface area (Å²) in [5.41, 5.74) is 2.94. The lowest BCUT2D eigenvalue weighted by Gasteiger charge is -2.38. The van der Waals surface area contributed by atoms with Gasteiger partial charge in [-0.25, -0.2) is 0 Å². The van der Waals surface area contributed by atoms with Crippen molar-refractivity contribution in [1.29, 1.82) is 0 Å². The molecule has 1 unspecified atom stereocenters. The van der Waals surface area contributed by atoms with Crippen LogP contribution in [0.15, 0.2) is 36.4 Å². The molecule has 4 rings (SSSR count). The van der Waals surface area contributed by atoms with Crippen molar-refractivity contribution in [2.45, 2.75) is 38.8 Å². The molecule has 1 amide bonds. The molecule has 1 aromatic carbocycles. The van der Waals surface area contributed by atoms with Gasteiger partial charge in [0.25, 0.3) is 5.91 Å². The zero-order chi connectivity index (χ0) is 18.6. The minimum atomic E-state index is -0.116. The second-order valence-corrected chi connectivity index (χ2v) is 7.46. The molecule has 0 saturated carbocycles. The molecule has 1 fully saturated rings. The average Bonchev–Trinajstić information content (AvgIpc) is 3.05. The number of rotatable bonds is 6. The second-order valence-electron chi connectivity index (χ2n) is 7.46. The van der Waals surface area contributed by atoms with Gasteiger partial charge < -0.3 is 10.2 Å². The van der Waals surface area contributed by atoms with E-state index in [-0.39, 0.29) is 5.91 Å². The molecule has 2 aliphatic heterocycles. The number of piperazine rings is 1. The Balaban J connectivity index is 1.40. The van der Waals surface area contributed by atoms with Gasteiger partial charge in [0.05, 0.1) is 0 Å². The minimum absolute atomic E-state index is 0.116. The lowest BCUT2D eigenvalue weighted by atomic mass is 10.1. The summed E-state index contributed by atoms with van der Waals surface area (Å²) >= 11 is 0. The highest BCUT2D eigenvalue weighted by molar-refractivity contribution is 5.92. The summed E-state index contributed by atoms with van der Waals surface area (Å²) in [5, 5.41) is 11.5. The Morgan fingerprint density at radius 3 is 2.89 bits per heavy atom. The normalized spacial score (nSPS) is 18.9. The Hall–Kier alpha value is -2.47. The van der Waals surface area contributed by atoms with E-state index >= 15 is 0 Å². The van der Waals surface area contributed by atoms with Crippen LogP contribution in [-0.4, -0.2) is 53.2 Å². The van der Waals surface area contributed by atoms with Gasteiger partial charge >= 0.3 is 0 Å². The van der Waals surface area contributed by atoms with Crippen molar-refractivity contribution < 1.29 is 4.79 Å². The first-order valence-corrected chi connectivity index (χ1v) is 9.92. The second kappa shape index (κ2) is 8.05. The first kappa shape index (κ1) is 17.9. The third-order valence-electron chi connectivity index (χ3n) is 5.44. The summed E-state index contributed by atoms with van der Waals surface area (Å²) in [6, 6.07) is 13.0. The number of carbonyl (C=O) groups excluding carboxylic acids is 1. The molecule has 6 nitrogen and oxygen atoms in total. The van der Waals surface area contributed by atoms with E-state index in [9.17, 15) is 4.79 Å². The molecule has 6 heteroatoms. The Kier molecular flexibility index (Phi) is 5.34. The average molecular weight is 365 g/mol. The van der Waals surface area contributed by atoms with Crippen LogP contribution >= 0.6 is 0 Å². The largest absolute Gasteiger partial charge is 0.351 e. The van der Waals surface area contributed by atoms with Crippen LogP contribution in [0.25, 0.3) is 0 Å². The van der Waals surface area contributed by atoms with Gasteiger partial charge in [0.1, 0.15) is 0 Å². The highest BCUT2D eigenvalue weighted by Crippen LogP contribution is 2.32. The van der Waals surface area contributed by atoms with E-state index in [0.717, 1.165) is 56.8 Å². The highest BCUT2D eigenvalue weighted by atomic mass is 16.1. The first-order chi connectivity index (χ1) is 13.2. The number of unbranched alkanes of at least 4 members (excludes halogenated alkanes) is 1. The Morgan fingerprint density at radius 2 is 2.07 bits per heavy atom. The molecule has 0 bridgehead atoms. The van der Waals surface area contributed by atoms with E-state index in [0.29, 0.717) is 18.3 Å². The van der Waals surface area contributed by atoms with E-state index in [1.807, 2.05) is 6.07 Å². The number of benzene rings is 1. The standard InChI is InChI=1S/C21H27N5O/c1-2-3-9-22-21(27)19-13-17-12-18-15-25(14-16-7-5-4-6-8-16)10-11-26(18)20(17)24-23-19/h4-8,13,18H,2-3,9-12,14-15H2,1H3,(H,22,27). The van der Waals surface area contributed by atoms with E-state index < -0.39 is 0 Å². The van der Waals surface area contributed by atoms with Crippen molar-refractivity contribution in [2.75, 3.05) is 31.1 Å². The van der Waals surface area contributed by atoms with E-state index in [1.165, 1.54) is 5.56 Å². The van der Waals surface area contributed by atoms with Crippen LogP contribution in [0, 0.1) is 0 Å². The number of nitrogens with zero attached hydrogens (tertiary/aromatic N) is 4. The van der Waals surface area contributed by atoms with Crippen LogP contribution in [0.4, 0.5) is 5.82 Å². The van der Waals surface area contributed by atoms with Gasteiger partial charge in [-0.3, -0.25) is 9.69 Å². The number of fused-ring (bicyclic) bond motifs is 3. The molecule has 27 heavy (non-hydrogen) atoms. The molecule has 0 aliphatic carbocycles. The zero-order valence-electron chi connectivity index (χ0n) is 15.9. The highest BCUT2D eigenvalue weighted by Gasteiger charge is 2.36. The number of aromatic nitrogens is 2. The quantitative estimate of drug-likeness (QED) is 0.796. The summed E-state index contributed by atoms with van der Waals surface area (Å²) in [6.45, 7) is 6.78. The van der Waals surface area contributed by atoms with Gasteiger partial charge in [-0.05, 0) is 24.5 Å². The first-order valence-electron chi connectivity index (χ1n) is 9.92. The summed E-state index contributed by atoms with van der Waals surface area (Å²) in [6.07, 6.45) is 2.98. The van der Waals surface area contributed by atoms with Gasteiger partial charge in [0, 0.05) is 44.3 Å². The molecule has 1 N–H and O–H groups in total. The van der Waals surface area contributed by atoms with Crippen molar-refractivity contribution in [3.05, 3.63) is 53.2 Å². The lowest BCUT2D eigenvalue weighted by Crippen LogP contribution is -2.51. The van der Waals surface area contributed by atoms with Crippen molar-refractivity contribution in [1.82, 2.24) is 20.4 Å². The predicted octanol–water partition coefficient (Wildman–Crippen LogP) is 2.25. The minimum Gasteiger partial charge on any atom is -0.351 e. The number of carbonyl (C=O) groups is 1. The molecule has 3 heterocycles. The molecule has 0 radical (unpaired) electrons. The summed E-state index contributed by atoms with van der Waals surface area (Å²) in [5.74, 6) is 0.846. The van der Waals surface area contributed by atoms with E-state index in [4.69, 9.17) is 0 Å².